The molecule has 2 aliphatic rings. The summed E-state index contributed by atoms with van der Waals surface area (Å²) in [6.07, 6.45) is 4.35. The van der Waals surface area contributed by atoms with Crippen LogP contribution in [0.2, 0.25) is 0 Å². The molecule has 3 aromatic rings. The Labute approximate surface area is 200 Å². The summed E-state index contributed by atoms with van der Waals surface area (Å²) >= 11 is 0. The molecule has 1 fully saturated rings. The van der Waals surface area contributed by atoms with Crippen LogP contribution in [-0.4, -0.2) is 41.6 Å². The third-order valence-corrected chi connectivity index (χ3v) is 6.60. The Morgan fingerprint density at radius 3 is 2.47 bits per heavy atom. The van der Waals surface area contributed by atoms with E-state index in [4.69, 9.17) is 19.4 Å². The zero-order valence-electron chi connectivity index (χ0n) is 19.9. The number of ether oxygens (including phenoxy) is 2. The highest BCUT2D eigenvalue weighted by atomic mass is 19.1. The number of nitrogens with zero attached hydrogens (tertiary/aromatic N) is 4. The third-order valence-electron chi connectivity index (χ3n) is 6.60. The van der Waals surface area contributed by atoms with Gasteiger partial charge < -0.3 is 14.4 Å². The maximum Gasteiger partial charge on any atom is 0.228 e. The van der Waals surface area contributed by atoms with Crippen molar-refractivity contribution >= 4 is 5.95 Å². The average Bonchev–Trinajstić information content (AvgIpc) is 2.87. The molecule has 2 aliphatic heterocycles. The van der Waals surface area contributed by atoms with E-state index in [-0.39, 0.29) is 5.82 Å². The van der Waals surface area contributed by atoms with E-state index < -0.39 is 0 Å². The first kappa shape index (κ1) is 22.6. The van der Waals surface area contributed by atoms with Crippen molar-refractivity contribution in [3.05, 3.63) is 70.7 Å². The summed E-state index contributed by atoms with van der Waals surface area (Å²) in [4.78, 5) is 14.3. The first-order valence-corrected chi connectivity index (χ1v) is 12.0. The number of hydrogen-bond acceptors (Lipinski definition) is 6. The van der Waals surface area contributed by atoms with Crippen LogP contribution in [0.3, 0.4) is 0 Å². The van der Waals surface area contributed by atoms with Crippen molar-refractivity contribution in [1.29, 1.82) is 0 Å². The van der Waals surface area contributed by atoms with Gasteiger partial charge in [0.1, 0.15) is 17.3 Å². The average molecular weight is 463 g/mol. The zero-order valence-corrected chi connectivity index (χ0v) is 19.9. The molecule has 7 heteroatoms. The van der Waals surface area contributed by atoms with Gasteiger partial charge in [-0.25, -0.2) is 9.37 Å². The van der Waals surface area contributed by atoms with E-state index in [0.29, 0.717) is 30.3 Å². The molecule has 34 heavy (non-hydrogen) atoms. The Morgan fingerprint density at radius 1 is 0.941 bits per heavy atom. The standard InChI is InChI=1S/C27H31FN4O2/c1-19-6-11-24(28)20(16-19)17-31-15-12-25-23(18-31)26(34-22-9-7-21(33-2)8-10-22)30-27(29-25)32-13-4-3-5-14-32/h6-11,16H,3-5,12-15,17-18H2,1-2H3. The fourth-order valence-corrected chi connectivity index (χ4v) is 4.70. The van der Waals surface area contributed by atoms with Crippen molar-refractivity contribution in [2.75, 3.05) is 31.6 Å². The van der Waals surface area contributed by atoms with E-state index >= 15 is 0 Å². The van der Waals surface area contributed by atoms with E-state index in [1.807, 2.05) is 37.3 Å². The topological polar surface area (TPSA) is 50.7 Å². The number of methoxy groups -OCH3 is 1. The predicted molar refractivity (Wildman–Crippen MR) is 130 cm³/mol. The van der Waals surface area contributed by atoms with Crippen LogP contribution < -0.4 is 14.4 Å². The van der Waals surface area contributed by atoms with Crippen molar-refractivity contribution in [3.8, 4) is 17.4 Å². The van der Waals surface area contributed by atoms with Gasteiger partial charge in [0.05, 0.1) is 18.4 Å². The summed E-state index contributed by atoms with van der Waals surface area (Å²) in [7, 11) is 1.65. The summed E-state index contributed by atoms with van der Waals surface area (Å²) in [5.41, 5.74) is 3.79. The molecule has 1 saturated heterocycles. The quantitative estimate of drug-likeness (QED) is 0.497. The Bertz CT molecular complexity index is 1150. The summed E-state index contributed by atoms with van der Waals surface area (Å²) < 4.78 is 26.0. The highest BCUT2D eigenvalue weighted by Gasteiger charge is 2.26. The summed E-state index contributed by atoms with van der Waals surface area (Å²) in [5, 5.41) is 0. The van der Waals surface area contributed by atoms with Crippen LogP contribution >= 0.6 is 0 Å². The molecule has 0 bridgehead atoms. The van der Waals surface area contributed by atoms with E-state index in [0.717, 1.165) is 67.4 Å². The Balaban J connectivity index is 1.45. The van der Waals surface area contributed by atoms with Crippen LogP contribution in [0.25, 0.3) is 0 Å². The lowest BCUT2D eigenvalue weighted by molar-refractivity contribution is 0.235. The molecule has 0 atom stereocenters. The smallest absolute Gasteiger partial charge is 0.228 e. The molecule has 0 aliphatic carbocycles. The van der Waals surface area contributed by atoms with E-state index in [2.05, 4.69) is 9.80 Å². The van der Waals surface area contributed by atoms with E-state index in [9.17, 15) is 4.39 Å². The van der Waals surface area contributed by atoms with Gasteiger partial charge in [0.25, 0.3) is 0 Å². The molecule has 2 aromatic carbocycles. The van der Waals surface area contributed by atoms with Crippen LogP contribution in [0, 0.1) is 12.7 Å². The van der Waals surface area contributed by atoms with Gasteiger partial charge in [0.15, 0.2) is 0 Å². The minimum absolute atomic E-state index is 0.164. The van der Waals surface area contributed by atoms with Gasteiger partial charge in [-0.1, -0.05) is 17.7 Å². The fourth-order valence-electron chi connectivity index (χ4n) is 4.70. The SMILES string of the molecule is COc1ccc(Oc2nc(N3CCCCC3)nc3c2CN(Cc2cc(C)ccc2F)CC3)cc1. The monoisotopic (exact) mass is 462 g/mol. The Morgan fingerprint density at radius 2 is 1.71 bits per heavy atom. The number of halogens is 1. The molecule has 1 aromatic heterocycles. The lowest BCUT2D eigenvalue weighted by Crippen LogP contribution is -2.34. The van der Waals surface area contributed by atoms with Crippen LogP contribution in [0.5, 0.6) is 17.4 Å². The molecule has 0 N–H and O–H groups in total. The Hall–Kier alpha value is -3.19. The molecule has 0 unspecified atom stereocenters. The summed E-state index contributed by atoms with van der Waals surface area (Å²) in [5.74, 6) is 2.65. The maximum atomic E-state index is 14.4. The van der Waals surface area contributed by atoms with E-state index in [1.165, 1.54) is 6.42 Å². The second kappa shape index (κ2) is 9.97. The van der Waals surface area contributed by atoms with Crippen molar-refractivity contribution < 1.29 is 13.9 Å². The first-order valence-electron chi connectivity index (χ1n) is 12.0. The summed E-state index contributed by atoms with van der Waals surface area (Å²) in [6.45, 7) is 5.92. The lowest BCUT2D eigenvalue weighted by Gasteiger charge is -2.32. The van der Waals surface area contributed by atoms with E-state index in [1.54, 1.807) is 19.2 Å². The second-order valence-electron chi connectivity index (χ2n) is 9.13. The third kappa shape index (κ3) is 4.99. The number of fused-ring (bicyclic) bond motifs is 1. The Kier molecular flexibility index (Phi) is 6.63. The molecule has 0 saturated carbocycles. The second-order valence-corrected chi connectivity index (χ2v) is 9.13. The molecule has 5 rings (SSSR count). The van der Waals surface area contributed by atoms with Gasteiger partial charge in [-0.05, 0) is 56.5 Å². The number of hydrogen-bond donors (Lipinski definition) is 0. The molecule has 0 spiro atoms. The van der Waals surface area contributed by atoms with Crippen LogP contribution in [0.4, 0.5) is 10.3 Å². The highest BCUT2D eigenvalue weighted by molar-refractivity contribution is 5.44. The molecule has 6 nitrogen and oxygen atoms in total. The van der Waals surface area contributed by atoms with Crippen LogP contribution in [0.15, 0.2) is 42.5 Å². The maximum absolute atomic E-state index is 14.4. The fraction of sp³-hybridized carbons (Fsp3) is 0.407. The summed E-state index contributed by atoms with van der Waals surface area (Å²) in [6, 6.07) is 12.8. The molecule has 0 amide bonds. The minimum Gasteiger partial charge on any atom is -0.497 e. The van der Waals surface area contributed by atoms with Crippen LogP contribution in [-0.2, 0) is 19.5 Å². The highest BCUT2D eigenvalue weighted by Crippen LogP contribution is 2.33. The van der Waals surface area contributed by atoms with Crippen molar-refractivity contribution in [2.45, 2.75) is 45.7 Å². The molecular formula is C27H31FN4O2. The zero-order chi connectivity index (χ0) is 23.5. The van der Waals surface area contributed by atoms with Crippen molar-refractivity contribution in [1.82, 2.24) is 14.9 Å². The first-order chi connectivity index (χ1) is 16.6. The lowest BCUT2D eigenvalue weighted by atomic mass is 10.0. The number of piperidine rings is 1. The van der Waals surface area contributed by atoms with Gasteiger partial charge in [0.2, 0.25) is 11.8 Å². The minimum atomic E-state index is -0.164. The molecular weight excluding hydrogens is 431 g/mol. The van der Waals surface area contributed by atoms with Gasteiger partial charge in [0, 0.05) is 44.7 Å². The molecule has 0 radical (unpaired) electrons. The number of benzene rings is 2. The molecule has 178 valence electrons. The number of aryl methyl sites for hydroxylation is 1. The molecule has 3 heterocycles. The van der Waals surface area contributed by atoms with Gasteiger partial charge in [-0.2, -0.15) is 4.98 Å². The normalized spacial score (nSPS) is 16.3. The van der Waals surface area contributed by atoms with Gasteiger partial charge in [-0.3, -0.25) is 4.90 Å². The van der Waals surface area contributed by atoms with Gasteiger partial charge in [-0.15, -0.1) is 0 Å². The van der Waals surface area contributed by atoms with Crippen molar-refractivity contribution in [3.63, 3.8) is 0 Å². The van der Waals surface area contributed by atoms with Crippen molar-refractivity contribution in [2.24, 2.45) is 0 Å². The van der Waals surface area contributed by atoms with Crippen LogP contribution in [0.1, 0.15) is 41.6 Å². The number of rotatable bonds is 6. The van der Waals surface area contributed by atoms with Gasteiger partial charge >= 0.3 is 0 Å². The predicted octanol–water partition coefficient (Wildman–Crippen LogP) is 5.27. The number of aromatic nitrogens is 2. The number of anilines is 1. The largest absolute Gasteiger partial charge is 0.497 e.